The zero-order valence-electron chi connectivity index (χ0n) is 8.58. The minimum Gasteiger partial charge on any atom is -0.480 e. The Morgan fingerprint density at radius 3 is 2.06 bits per heavy atom. The largest absolute Gasteiger partial charge is 0.569 e. The first-order valence-corrected chi connectivity index (χ1v) is 5.59. The molecule has 0 saturated carbocycles. The number of aliphatic carboxylic acids is 1. The van der Waals surface area contributed by atoms with Gasteiger partial charge in [-0.25, -0.2) is 0 Å². The summed E-state index contributed by atoms with van der Waals surface area (Å²) in [6, 6.07) is -0.820. The molecule has 0 amide bonds. The summed E-state index contributed by atoms with van der Waals surface area (Å²) in [5.74, 6) is -0.987. The first-order valence-electron chi connectivity index (χ1n) is 4.25. The van der Waals surface area contributed by atoms with Gasteiger partial charge >= 0.3 is 15.5 Å². The van der Waals surface area contributed by atoms with Crippen LogP contribution >= 0.6 is 0 Å². The van der Waals surface area contributed by atoms with Gasteiger partial charge in [0, 0.05) is 6.54 Å². The molecule has 0 aromatic rings. The second-order valence-corrected chi connectivity index (χ2v) is 3.29. The van der Waals surface area contributed by atoms with Crippen LogP contribution in [0.25, 0.3) is 0 Å². The fourth-order valence-electron chi connectivity index (χ4n) is 0.643. The second-order valence-electron chi connectivity index (χ2n) is 2.69. The average molecular weight is 253 g/mol. The summed E-state index contributed by atoms with van der Waals surface area (Å²) >= 11 is 0. The summed E-state index contributed by atoms with van der Waals surface area (Å²) in [6.45, 7) is 0.420. The van der Waals surface area contributed by atoms with Crippen molar-refractivity contribution in [1.29, 1.82) is 0 Å². The molecule has 1 atom stereocenters. The molecule has 0 aliphatic rings. The van der Waals surface area contributed by atoms with Crippen LogP contribution < -0.4 is 17.2 Å². The van der Waals surface area contributed by atoms with E-state index in [9.17, 15) is 4.79 Å². The lowest BCUT2D eigenvalue weighted by molar-refractivity contribution is -0.138. The van der Waals surface area contributed by atoms with Crippen molar-refractivity contribution >= 4 is 21.5 Å². The minimum absolute atomic E-state index is 0.0129. The predicted molar refractivity (Wildman–Crippen MR) is 57.9 cm³/mol. The summed E-state index contributed by atoms with van der Waals surface area (Å²) in [6.07, 6.45) is 0.956. The van der Waals surface area contributed by atoms with Crippen LogP contribution in [0.2, 0.25) is 0 Å². The smallest absolute Gasteiger partial charge is 0.480 e. The zero-order chi connectivity index (χ0) is 13.1. The molecule has 10 N–H and O–H groups in total. The third kappa shape index (κ3) is 18.6. The number of rotatable bonds is 5. The topological polar surface area (TPSA) is 188 Å². The molecule has 0 unspecified atom stereocenters. The number of hydrogen-bond donors (Lipinski definition) is 7. The van der Waals surface area contributed by atoms with E-state index in [2.05, 4.69) is 4.99 Å². The third-order valence-electron chi connectivity index (χ3n) is 1.28. The maximum atomic E-state index is 10.2. The molecule has 0 aromatic carbocycles. The summed E-state index contributed by atoms with van der Waals surface area (Å²) in [7, 11) is -2.88. The number of carboxylic acid groups (broad SMARTS) is 1. The Labute approximate surface area is 94.2 Å². The van der Waals surface area contributed by atoms with Crippen LogP contribution in [-0.2, 0) is 4.79 Å². The highest BCUT2D eigenvalue weighted by molar-refractivity contribution is 6.30. The highest BCUT2D eigenvalue weighted by Crippen LogP contribution is 1.94. The Hall–Kier alpha value is -1.20. The van der Waals surface area contributed by atoms with Gasteiger partial charge in [0.05, 0.1) is 0 Å². The number of nitrogens with zero attached hydrogens (tertiary/aromatic N) is 1. The maximum absolute atomic E-state index is 10.2. The van der Waals surface area contributed by atoms with Gasteiger partial charge in [-0.3, -0.25) is 9.79 Å². The number of hydrogen-bond acceptors (Lipinski definition) is 6. The monoisotopic (exact) mass is 253 g/mol. The summed E-state index contributed by atoms with van der Waals surface area (Å²) in [5.41, 5.74) is 15.3. The van der Waals surface area contributed by atoms with Gasteiger partial charge in [-0.2, -0.15) is 0 Å². The highest BCUT2D eigenvalue weighted by atomic mass is 28.3. The first-order chi connectivity index (χ1) is 7.27. The van der Waals surface area contributed by atoms with Gasteiger partial charge in [0.15, 0.2) is 5.96 Å². The fraction of sp³-hybridized carbons (Fsp3) is 0.667. The summed E-state index contributed by atoms with van der Waals surface area (Å²) in [4.78, 5) is 35.7. The molecule has 0 aliphatic carbocycles. The Balaban J connectivity index is 0. The normalized spacial score (nSPS) is 11.3. The van der Waals surface area contributed by atoms with Crippen LogP contribution in [-0.4, -0.2) is 53.5 Å². The van der Waals surface area contributed by atoms with E-state index in [1.165, 1.54) is 0 Å². The van der Waals surface area contributed by atoms with Crippen molar-refractivity contribution in [3.05, 3.63) is 0 Å². The van der Waals surface area contributed by atoms with E-state index in [0.29, 0.717) is 19.4 Å². The van der Waals surface area contributed by atoms with Crippen molar-refractivity contribution in [3.63, 3.8) is 0 Å². The molecule has 0 heterocycles. The molecular weight excluding hydrogens is 236 g/mol. The van der Waals surface area contributed by atoms with Crippen LogP contribution in [0.5, 0.6) is 0 Å². The first kappa shape index (κ1) is 17.2. The third-order valence-corrected chi connectivity index (χ3v) is 1.28. The van der Waals surface area contributed by atoms with Gasteiger partial charge in [-0.1, -0.05) is 0 Å². The molecule has 95 valence electrons. The van der Waals surface area contributed by atoms with Crippen LogP contribution in [0.1, 0.15) is 12.8 Å². The molecule has 0 spiro atoms. The number of guanidine groups is 1. The molecule has 10 heteroatoms. The van der Waals surface area contributed by atoms with E-state index in [0.717, 1.165) is 0 Å². The van der Waals surface area contributed by atoms with E-state index < -0.39 is 21.5 Å². The lowest BCUT2D eigenvalue weighted by Crippen LogP contribution is -2.30. The van der Waals surface area contributed by atoms with E-state index in [4.69, 9.17) is 36.7 Å². The molecule has 0 rings (SSSR count). The minimum atomic E-state index is -2.88. The van der Waals surface area contributed by atoms with Crippen molar-refractivity contribution in [2.75, 3.05) is 6.54 Å². The lowest BCUT2D eigenvalue weighted by atomic mass is 10.2. The van der Waals surface area contributed by atoms with Gasteiger partial charge in [0.2, 0.25) is 0 Å². The molecule has 9 nitrogen and oxygen atoms in total. The van der Waals surface area contributed by atoms with Crippen LogP contribution in [0.3, 0.4) is 0 Å². The van der Waals surface area contributed by atoms with Gasteiger partial charge in [-0.15, -0.1) is 0 Å². The molecule has 0 fully saturated rings. The molecule has 0 saturated heterocycles. The summed E-state index contributed by atoms with van der Waals surface area (Å²) in [5, 5.41) is 8.38. The Morgan fingerprint density at radius 2 is 1.75 bits per heavy atom. The number of carboxylic acids is 1. The molecule has 0 aliphatic heterocycles. The summed E-state index contributed by atoms with van der Waals surface area (Å²) < 4.78 is 0. The molecule has 0 bridgehead atoms. The van der Waals surface area contributed by atoms with Gasteiger partial charge in [0.25, 0.3) is 0 Å². The maximum Gasteiger partial charge on any atom is 0.569 e. The standard InChI is InChI=1S/C6H14N4O2.H3O3Si/c7-4(5(11)12)2-1-3-10-6(8)9;1-4(2)3/h4H,1-3,7H2,(H,11,12)(H4,8,9,10);1-3H/t4-;/m0./s1. The van der Waals surface area contributed by atoms with Gasteiger partial charge in [-0.05, 0) is 12.8 Å². The zero-order valence-corrected chi connectivity index (χ0v) is 9.58. The van der Waals surface area contributed by atoms with Crippen LogP contribution in [0.15, 0.2) is 4.99 Å². The van der Waals surface area contributed by atoms with Crippen LogP contribution in [0.4, 0.5) is 0 Å². The number of nitrogens with two attached hydrogens (primary N) is 3. The van der Waals surface area contributed by atoms with Gasteiger partial charge < -0.3 is 36.7 Å². The fourth-order valence-corrected chi connectivity index (χ4v) is 0.643. The van der Waals surface area contributed by atoms with E-state index >= 15 is 0 Å². The van der Waals surface area contributed by atoms with Gasteiger partial charge in [0.1, 0.15) is 6.04 Å². The Kier molecular flexibility index (Phi) is 11.1. The second kappa shape index (κ2) is 10.3. The predicted octanol–water partition coefficient (Wildman–Crippen LogP) is -3.60. The average Bonchev–Trinajstić information content (AvgIpc) is 2.10. The quantitative estimate of drug-likeness (QED) is 0.113. The number of aliphatic imine (C=N–C) groups is 1. The van der Waals surface area contributed by atoms with Crippen molar-refractivity contribution in [2.24, 2.45) is 22.2 Å². The molecule has 0 aromatic heterocycles. The van der Waals surface area contributed by atoms with Crippen molar-refractivity contribution in [1.82, 2.24) is 0 Å². The van der Waals surface area contributed by atoms with Crippen molar-refractivity contribution in [3.8, 4) is 0 Å². The Morgan fingerprint density at radius 1 is 1.31 bits per heavy atom. The highest BCUT2D eigenvalue weighted by Gasteiger charge is 2.09. The lowest BCUT2D eigenvalue weighted by Gasteiger charge is -2.03. The van der Waals surface area contributed by atoms with Crippen molar-refractivity contribution < 1.29 is 24.3 Å². The molecule has 16 heavy (non-hydrogen) atoms. The molecular formula is C6H17N4O5Si. The molecule has 1 radical (unpaired) electrons. The van der Waals surface area contributed by atoms with E-state index in [1.54, 1.807) is 0 Å². The Bertz CT molecular complexity index is 218. The van der Waals surface area contributed by atoms with E-state index in [-0.39, 0.29) is 5.96 Å². The van der Waals surface area contributed by atoms with Crippen molar-refractivity contribution in [2.45, 2.75) is 18.9 Å². The SMILES string of the molecule is NC(N)=NCCC[C@H](N)C(=O)O.O[Si](O)O. The van der Waals surface area contributed by atoms with E-state index in [1.807, 2.05) is 0 Å². The van der Waals surface area contributed by atoms with Crippen LogP contribution in [0, 0.1) is 0 Å². The number of carbonyl (C=O) groups is 1.